The van der Waals surface area contributed by atoms with Gasteiger partial charge in [0.25, 0.3) is 0 Å². The number of carbonyl (C=O) groups excluding carboxylic acids is 2. The lowest BCUT2D eigenvalue weighted by atomic mass is 9.54. The summed E-state index contributed by atoms with van der Waals surface area (Å²) in [5.41, 5.74) is 4.33. The minimum Gasteiger partial charge on any atom is -0.507 e. The molecular formula is C27H31B2NO7. The van der Waals surface area contributed by atoms with Crippen molar-refractivity contribution in [2.75, 3.05) is 4.90 Å². The smallest absolute Gasteiger partial charge is 0.488 e. The highest BCUT2D eigenvalue weighted by molar-refractivity contribution is 6.58. The van der Waals surface area contributed by atoms with Crippen molar-refractivity contribution in [3.05, 3.63) is 64.1 Å². The number of carbonyl (C=O) groups is 2. The zero-order valence-electron chi connectivity index (χ0n) is 21.4. The van der Waals surface area contributed by atoms with E-state index in [2.05, 4.69) is 0 Å². The second kappa shape index (κ2) is 9.44. The topological polar surface area (TPSA) is 128 Å². The minimum absolute atomic E-state index is 0.0521. The molecule has 1 aliphatic carbocycles. The van der Waals surface area contributed by atoms with Crippen LogP contribution in [-0.4, -0.2) is 46.2 Å². The van der Waals surface area contributed by atoms with E-state index in [4.69, 9.17) is 4.65 Å². The Morgan fingerprint density at radius 1 is 1.05 bits per heavy atom. The van der Waals surface area contributed by atoms with Crippen molar-refractivity contribution in [2.24, 2.45) is 23.7 Å². The predicted molar refractivity (Wildman–Crippen MR) is 140 cm³/mol. The fourth-order valence-electron chi connectivity index (χ4n) is 6.37. The van der Waals surface area contributed by atoms with E-state index in [9.17, 15) is 29.8 Å². The monoisotopic (exact) mass is 503 g/mol. The second-order valence-electron chi connectivity index (χ2n) is 10.8. The predicted octanol–water partition coefficient (Wildman–Crippen LogP) is 1.95. The lowest BCUT2D eigenvalue weighted by molar-refractivity contribution is -0.123. The number of hydrogen-bond donors (Lipinski definition) is 4. The van der Waals surface area contributed by atoms with E-state index >= 15 is 0 Å². The summed E-state index contributed by atoms with van der Waals surface area (Å²) in [5, 5.41) is 40.6. The molecule has 2 aromatic carbocycles. The summed E-state index contributed by atoms with van der Waals surface area (Å²) in [6.07, 6.45) is 0.259. The van der Waals surface area contributed by atoms with Crippen LogP contribution in [-0.2, 0) is 14.2 Å². The van der Waals surface area contributed by atoms with Gasteiger partial charge in [-0.25, -0.2) is 0 Å². The third-order valence-electron chi connectivity index (χ3n) is 8.16. The van der Waals surface area contributed by atoms with E-state index in [0.717, 1.165) is 16.0 Å². The van der Waals surface area contributed by atoms with Crippen molar-refractivity contribution >= 4 is 37.2 Å². The molecule has 0 bridgehead atoms. The number of aromatic hydroxyl groups is 1. The van der Waals surface area contributed by atoms with Gasteiger partial charge in [0.15, 0.2) is 0 Å². The normalized spacial score (nSPS) is 25.6. The second-order valence-corrected chi connectivity index (χ2v) is 10.8. The lowest BCUT2D eigenvalue weighted by Crippen LogP contribution is -2.45. The van der Waals surface area contributed by atoms with Gasteiger partial charge in [0, 0.05) is 0 Å². The highest BCUT2D eigenvalue weighted by Crippen LogP contribution is 2.53. The van der Waals surface area contributed by atoms with Gasteiger partial charge in [0.05, 0.1) is 23.6 Å². The Balaban J connectivity index is 1.56. The Morgan fingerprint density at radius 2 is 1.73 bits per heavy atom. The highest BCUT2D eigenvalue weighted by Gasteiger charge is 2.58. The number of hydrogen-bond acceptors (Lipinski definition) is 7. The summed E-state index contributed by atoms with van der Waals surface area (Å²) in [6.45, 7) is 7.63. The molecule has 4 atom stereocenters. The van der Waals surface area contributed by atoms with Crippen molar-refractivity contribution in [1.29, 1.82) is 0 Å². The maximum Gasteiger partial charge on any atom is 0.488 e. The third-order valence-corrected chi connectivity index (χ3v) is 8.16. The van der Waals surface area contributed by atoms with E-state index in [-0.39, 0.29) is 28.9 Å². The molecule has 5 rings (SSSR count). The molecule has 37 heavy (non-hydrogen) atoms. The molecule has 2 saturated heterocycles. The maximum atomic E-state index is 13.9. The first kappa shape index (κ1) is 25.7. The van der Waals surface area contributed by atoms with Crippen molar-refractivity contribution < 1.29 is 34.4 Å². The molecule has 192 valence electrons. The Bertz CT molecular complexity index is 1280. The number of rotatable bonds is 4. The molecule has 8 nitrogen and oxygen atoms in total. The quantitative estimate of drug-likeness (QED) is 0.371. The molecule has 2 aromatic rings. The molecule has 4 N–H and O–H groups in total. The fraction of sp³-hybridized carbons (Fsp3) is 0.407. The van der Waals surface area contributed by atoms with Crippen LogP contribution in [0, 0.1) is 37.5 Å². The van der Waals surface area contributed by atoms with E-state index in [1.165, 1.54) is 12.1 Å². The van der Waals surface area contributed by atoms with Crippen LogP contribution in [0.1, 0.15) is 49.5 Å². The molecule has 2 amide bonds. The van der Waals surface area contributed by atoms with E-state index in [1.54, 1.807) is 26.0 Å². The molecule has 0 spiro atoms. The standard InChI is InChI=1S/C27H31B2NO7/c1-13(2)19-11-21-23(27(33)30(26(21)32)18-7-5-6-17(10-18)28(34)35)20-12-22(37-29(36)24(19)20)16-8-14(3)25(31)15(4)9-16/h5-10,13,20-23,31,34-36H,11-12H2,1-4H3/t20-,21-,22-,23+/m0/s1. The van der Waals surface area contributed by atoms with Crippen LogP contribution < -0.4 is 10.4 Å². The fourth-order valence-corrected chi connectivity index (χ4v) is 6.37. The van der Waals surface area contributed by atoms with Gasteiger partial charge in [0.2, 0.25) is 11.8 Å². The molecule has 0 radical (unpaired) electrons. The molecule has 2 aliphatic heterocycles. The minimum atomic E-state index is -1.72. The highest BCUT2D eigenvalue weighted by atomic mass is 16.5. The van der Waals surface area contributed by atoms with Crippen LogP contribution in [0.4, 0.5) is 5.69 Å². The molecule has 0 saturated carbocycles. The summed E-state index contributed by atoms with van der Waals surface area (Å²) in [5.74, 6) is -2.03. The molecule has 3 aliphatic rings. The number of amides is 2. The zero-order chi connectivity index (χ0) is 26.8. The van der Waals surface area contributed by atoms with Crippen LogP contribution in [0.15, 0.2) is 47.4 Å². The van der Waals surface area contributed by atoms with Gasteiger partial charge in [0.1, 0.15) is 5.75 Å². The van der Waals surface area contributed by atoms with Crippen LogP contribution in [0.25, 0.3) is 0 Å². The van der Waals surface area contributed by atoms with Crippen LogP contribution in [0.5, 0.6) is 5.75 Å². The average Bonchev–Trinajstić information content (AvgIpc) is 3.11. The lowest BCUT2D eigenvalue weighted by Gasteiger charge is -2.43. The molecular weight excluding hydrogens is 472 g/mol. The first-order valence-electron chi connectivity index (χ1n) is 12.7. The number of benzene rings is 2. The molecule has 2 heterocycles. The number of phenolic OH excluding ortho intramolecular Hbond substituents is 1. The number of aryl methyl sites for hydroxylation is 2. The molecule has 10 heteroatoms. The Kier molecular flexibility index (Phi) is 6.56. The third kappa shape index (κ3) is 4.22. The number of anilines is 1. The average molecular weight is 503 g/mol. The Labute approximate surface area is 216 Å². The summed E-state index contributed by atoms with van der Waals surface area (Å²) in [6, 6.07) is 9.82. The van der Waals surface area contributed by atoms with Crippen LogP contribution in [0.2, 0.25) is 0 Å². The number of phenols is 1. The summed E-state index contributed by atoms with van der Waals surface area (Å²) in [7, 11) is -2.93. The van der Waals surface area contributed by atoms with Gasteiger partial charge in [-0.3, -0.25) is 14.5 Å². The first-order valence-corrected chi connectivity index (χ1v) is 12.7. The SMILES string of the molecule is Cc1cc([C@@H]2C[C@@H]3C(=C(C(C)C)C[C@@H]4C(=O)N(c5cccc(B(O)O)c5)C(=O)[C@@H]43)B(O)O2)cc(C)c1O. The first-order chi connectivity index (χ1) is 17.5. The van der Waals surface area contributed by atoms with E-state index in [0.29, 0.717) is 35.1 Å². The number of nitrogens with zero attached hydrogens (tertiary/aromatic N) is 1. The van der Waals surface area contributed by atoms with Gasteiger partial charge in [-0.2, -0.15) is 0 Å². The zero-order valence-corrected chi connectivity index (χ0v) is 21.4. The van der Waals surface area contributed by atoms with Crippen molar-refractivity contribution in [2.45, 2.75) is 46.6 Å². The largest absolute Gasteiger partial charge is 0.507 e. The Hall–Kier alpha value is -2.91. The number of imide groups is 1. The van der Waals surface area contributed by atoms with Crippen LogP contribution >= 0.6 is 0 Å². The van der Waals surface area contributed by atoms with Crippen molar-refractivity contribution in [3.8, 4) is 5.75 Å². The van der Waals surface area contributed by atoms with E-state index < -0.39 is 38.1 Å². The summed E-state index contributed by atoms with van der Waals surface area (Å²) < 4.78 is 6.09. The van der Waals surface area contributed by atoms with Gasteiger partial charge >= 0.3 is 14.2 Å². The molecule has 0 unspecified atom stereocenters. The van der Waals surface area contributed by atoms with Crippen molar-refractivity contribution in [3.63, 3.8) is 0 Å². The summed E-state index contributed by atoms with van der Waals surface area (Å²) >= 11 is 0. The Morgan fingerprint density at radius 3 is 2.35 bits per heavy atom. The van der Waals surface area contributed by atoms with Crippen LogP contribution in [0.3, 0.4) is 0 Å². The summed E-state index contributed by atoms with van der Waals surface area (Å²) in [4.78, 5) is 28.7. The molecule has 2 fully saturated rings. The number of allylic oxidation sites excluding steroid dienone is 2. The van der Waals surface area contributed by atoms with Gasteiger partial charge in [-0.05, 0) is 90.4 Å². The maximum absolute atomic E-state index is 13.9. The molecule has 0 aromatic heterocycles. The van der Waals surface area contributed by atoms with Crippen molar-refractivity contribution in [1.82, 2.24) is 0 Å². The van der Waals surface area contributed by atoms with Gasteiger partial charge in [-0.1, -0.05) is 31.6 Å². The number of fused-ring (bicyclic) bond motifs is 3. The van der Waals surface area contributed by atoms with E-state index in [1.807, 2.05) is 26.0 Å². The van der Waals surface area contributed by atoms with Gasteiger partial charge in [-0.15, -0.1) is 0 Å². The van der Waals surface area contributed by atoms with Gasteiger partial charge < -0.3 is 24.8 Å².